The van der Waals surface area contributed by atoms with Crippen molar-refractivity contribution in [3.8, 4) is 0 Å². The summed E-state index contributed by atoms with van der Waals surface area (Å²) in [5, 5.41) is -0.213. The number of rotatable bonds is 0. The molecule has 0 N–H and O–H groups in total. The minimum absolute atomic E-state index is 0.0523. The highest BCUT2D eigenvalue weighted by atomic mass is 32.2. The molecule has 5 heteroatoms. The Morgan fingerprint density at radius 2 is 2.07 bits per heavy atom. The van der Waals surface area contributed by atoms with Crippen LogP contribution < -0.4 is 0 Å². The molecule has 3 rings (SSSR count). The van der Waals surface area contributed by atoms with Crippen molar-refractivity contribution in [3.63, 3.8) is 0 Å². The van der Waals surface area contributed by atoms with Gasteiger partial charge in [-0.1, -0.05) is 13.8 Å². The van der Waals surface area contributed by atoms with Gasteiger partial charge in [-0.25, -0.2) is 0 Å². The van der Waals surface area contributed by atoms with E-state index in [1.165, 1.54) is 0 Å². The maximum absolute atomic E-state index is 11.7. The highest BCUT2D eigenvalue weighted by molar-refractivity contribution is 7.87. The molecule has 2 aliphatic carbocycles. The van der Waals surface area contributed by atoms with E-state index in [2.05, 4.69) is 19.6 Å². The molecule has 3 nitrogen and oxygen atoms in total. The fourth-order valence-corrected chi connectivity index (χ4v) is 6.65. The van der Waals surface area contributed by atoms with Gasteiger partial charge >= 0.3 is 0 Å². The highest BCUT2D eigenvalue weighted by Gasteiger charge is 2.74. The van der Waals surface area contributed by atoms with E-state index in [9.17, 15) is 8.42 Å². The maximum atomic E-state index is 11.7. The Labute approximate surface area is 89.7 Å². The fraction of sp³-hybridized carbons (Fsp3) is 1.00. The Hall–Kier alpha value is 0.260. The van der Waals surface area contributed by atoms with Crippen molar-refractivity contribution in [2.45, 2.75) is 43.3 Å². The van der Waals surface area contributed by atoms with Gasteiger partial charge in [0.1, 0.15) is 0 Å². The minimum Gasteiger partial charge on any atom is -0.265 e. The quantitative estimate of drug-likeness (QED) is 0.506. The van der Waals surface area contributed by atoms with E-state index in [4.69, 9.17) is 4.18 Å². The summed E-state index contributed by atoms with van der Waals surface area (Å²) in [6.45, 7) is 4.17. The van der Waals surface area contributed by atoms with Gasteiger partial charge in [-0.15, -0.1) is 0 Å². The van der Waals surface area contributed by atoms with Gasteiger partial charge in [0.05, 0.1) is 11.4 Å². The summed E-state index contributed by atoms with van der Waals surface area (Å²) in [7, 11) is -3.31. The van der Waals surface area contributed by atoms with Gasteiger partial charge in [0.25, 0.3) is 10.1 Å². The lowest BCUT2D eigenvalue weighted by Crippen LogP contribution is -2.40. The molecule has 0 aromatic carbocycles. The smallest absolute Gasteiger partial charge is 0.265 e. The normalized spacial score (nSPS) is 63.5. The van der Waals surface area contributed by atoms with Crippen molar-refractivity contribution in [2.24, 2.45) is 10.8 Å². The third kappa shape index (κ3) is 0.793. The number of hydrogen-bond acceptors (Lipinski definition) is 4. The zero-order valence-corrected chi connectivity index (χ0v) is 9.94. The van der Waals surface area contributed by atoms with Crippen LogP contribution in [0.4, 0.5) is 0 Å². The molecule has 14 heavy (non-hydrogen) atoms. The van der Waals surface area contributed by atoms with E-state index < -0.39 is 10.1 Å². The summed E-state index contributed by atoms with van der Waals surface area (Å²) in [6, 6.07) is 0. The van der Waals surface area contributed by atoms with E-state index in [-0.39, 0.29) is 27.4 Å². The van der Waals surface area contributed by atoms with Crippen molar-refractivity contribution in [1.82, 2.24) is 0 Å². The average Bonchev–Trinajstić information content (AvgIpc) is 2.46. The molecule has 0 aromatic heterocycles. The van der Waals surface area contributed by atoms with Crippen molar-refractivity contribution in [2.75, 3.05) is 0 Å². The molecule has 0 spiro atoms. The summed E-state index contributed by atoms with van der Waals surface area (Å²) in [5.74, 6) is 0. The lowest BCUT2D eigenvalue weighted by molar-refractivity contribution is 0.133. The molecule has 1 saturated heterocycles. The van der Waals surface area contributed by atoms with E-state index in [0.717, 1.165) is 12.8 Å². The third-order valence-corrected chi connectivity index (χ3v) is 7.18. The van der Waals surface area contributed by atoms with E-state index in [1.807, 2.05) is 6.92 Å². The average molecular weight is 234 g/mol. The van der Waals surface area contributed by atoms with Crippen LogP contribution in [0.2, 0.25) is 0 Å². The Morgan fingerprint density at radius 1 is 1.43 bits per heavy atom. The van der Waals surface area contributed by atoms with Crippen molar-refractivity contribution in [3.05, 3.63) is 0 Å². The molecule has 2 bridgehead atoms. The Balaban J connectivity index is 2.21. The second-order valence-corrected chi connectivity index (χ2v) is 7.79. The van der Waals surface area contributed by atoms with Crippen LogP contribution in [0, 0.1) is 10.8 Å². The molecule has 0 radical (unpaired) electrons. The fourth-order valence-electron chi connectivity index (χ4n) is 3.75. The van der Waals surface area contributed by atoms with Crippen LogP contribution >= 0.6 is 12.6 Å². The topological polar surface area (TPSA) is 43.4 Å². The van der Waals surface area contributed by atoms with Gasteiger partial charge in [-0.3, -0.25) is 4.18 Å². The van der Waals surface area contributed by atoms with E-state index in [1.54, 1.807) is 0 Å². The van der Waals surface area contributed by atoms with E-state index >= 15 is 0 Å². The zero-order chi connectivity index (χ0) is 10.4. The molecular formula is C9H14O3S2. The van der Waals surface area contributed by atoms with Crippen LogP contribution in [0.1, 0.15) is 26.7 Å². The molecule has 5 atom stereocenters. The van der Waals surface area contributed by atoms with Crippen molar-refractivity contribution < 1.29 is 12.6 Å². The summed E-state index contributed by atoms with van der Waals surface area (Å²) < 4.78 is 28.6. The van der Waals surface area contributed by atoms with Gasteiger partial charge < -0.3 is 0 Å². The number of fused-ring (bicyclic) bond motifs is 1. The van der Waals surface area contributed by atoms with Crippen LogP contribution in [0.25, 0.3) is 0 Å². The van der Waals surface area contributed by atoms with Gasteiger partial charge in [0, 0.05) is 10.7 Å². The zero-order valence-electron chi connectivity index (χ0n) is 8.23. The van der Waals surface area contributed by atoms with Crippen LogP contribution in [0.5, 0.6) is 0 Å². The van der Waals surface area contributed by atoms with Crippen molar-refractivity contribution in [1.29, 1.82) is 0 Å². The Bertz CT molecular complexity index is 404. The van der Waals surface area contributed by atoms with Gasteiger partial charge in [0.15, 0.2) is 0 Å². The molecule has 0 aromatic rings. The van der Waals surface area contributed by atoms with E-state index in [0.29, 0.717) is 0 Å². The highest BCUT2D eigenvalue weighted by Crippen LogP contribution is 2.68. The first-order valence-corrected chi connectivity index (χ1v) is 6.89. The maximum Gasteiger partial charge on any atom is 0.271 e. The predicted octanol–water partition coefficient (Wildman–Crippen LogP) is 1.20. The SMILES string of the molecule is CC12CC3C(C)(C1)C(OS3(=O)=O)C2S. The second-order valence-electron chi connectivity index (χ2n) is 5.48. The van der Waals surface area contributed by atoms with Gasteiger partial charge in [0.2, 0.25) is 0 Å². The molecule has 1 aliphatic heterocycles. The summed E-state index contributed by atoms with van der Waals surface area (Å²) in [4.78, 5) is 0. The summed E-state index contributed by atoms with van der Waals surface area (Å²) in [5.41, 5.74) is -0.128. The van der Waals surface area contributed by atoms with Crippen LogP contribution in [0.15, 0.2) is 0 Å². The first-order valence-electron chi connectivity index (χ1n) is 4.90. The molecule has 5 unspecified atom stereocenters. The van der Waals surface area contributed by atoms with Gasteiger partial charge in [-0.2, -0.15) is 21.0 Å². The molecule has 2 saturated carbocycles. The predicted molar refractivity (Wildman–Crippen MR) is 55.8 cm³/mol. The molecule has 3 fully saturated rings. The molecule has 3 aliphatic rings. The standard InChI is InChI=1S/C9H14O3S2/c1-8-3-5-9(2,4-8)6(7(8)13)12-14(5,10)11/h5-7,13H,3-4H2,1-2H3. The van der Waals surface area contributed by atoms with Crippen LogP contribution in [-0.4, -0.2) is 25.0 Å². The second kappa shape index (κ2) is 2.18. The monoisotopic (exact) mass is 234 g/mol. The Kier molecular flexibility index (Phi) is 1.47. The molecule has 1 heterocycles. The van der Waals surface area contributed by atoms with Crippen molar-refractivity contribution >= 4 is 22.7 Å². The lowest BCUT2D eigenvalue weighted by Gasteiger charge is -2.31. The first-order chi connectivity index (χ1) is 6.30. The van der Waals surface area contributed by atoms with Gasteiger partial charge in [-0.05, 0) is 18.3 Å². The van der Waals surface area contributed by atoms with Crippen LogP contribution in [0.3, 0.4) is 0 Å². The van der Waals surface area contributed by atoms with Crippen LogP contribution in [-0.2, 0) is 14.3 Å². The molecule has 80 valence electrons. The Morgan fingerprint density at radius 3 is 2.57 bits per heavy atom. The first kappa shape index (κ1) is 9.48. The summed E-state index contributed by atoms with van der Waals surface area (Å²) in [6.07, 6.45) is 1.46. The summed E-state index contributed by atoms with van der Waals surface area (Å²) >= 11 is 4.53. The largest absolute Gasteiger partial charge is 0.271 e. The molecule has 0 amide bonds. The third-order valence-electron chi connectivity index (χ3n) is 4.41. The lowest BCUT2D eigenvalue weighted by atomic mass is 9.81. The number of thiol groups is 1. The minimum atomic E-state index is -3.31. The number of hydrogen-bond donors (Lipinski definition) is 1. The molecular weight excluding hydrogens is 220 g/mol.